The van der Waals surface area contributed by atoms with Crippen LogP contribution in [0.5, 0.6) is 0 Å². The van der Waals surface area contributed by atoms with Crippen molar-refractivity contribution in [3.8, 4) is 0 Å². The van der Waals surface area contributed by atoms with Crippen molar-refractivity contribution in [1.82, 2.24) is 0 Å². The number of rotatable bonds is 6. The summed E-state index contributed by atoms with van der Waals surface area (Å²) in [5.74, 6) is -2.88. The van der Waals surface area contributed by atoms with E-state index < -0.39 is 64.3 Å². The number of benzene rings is 1. The minimum absolute atomic E-state index is 0.0315. The van der Waals surface area contributed by atoms with Gasteiger partial charge in [0.1, 0.15) is 5.60 Å². The van der Waals surface area contributed by atoms with Crippen molar-refractivity contribution in [3.05, 3.63) is 53.6 Å². The first-order valence-electron chi connectivity index (χ1n) is 13.8. The molecule has 2 unspecified atom stereocenters. The largest absolute Gasteiger partial charge is 0.458 e. The number of alkyl halides is 1. The zero-order chi connectivity index (χ0) is 28.4. The Balaban J connectivity index is 1.35. The summed E-state index contributed by atoms with van der Waals surface area (Å²) >= 11 is 0. The average Bonchev–Trinajstić information content (AvgIpc) is 3.09. The molecule has 2 saturated carbocycles. The summed E-state index contributed by atoms with van der Waals surface area (Å²) in [7, 11) is 0. The lowest BCUT2D eigenvalue weighted by Gasteiger charge is -2.62. The predicted molar refractivity (Wildman–Crippen MR) is 143 cm³/mol. The number of aliphatic hydroxyl groups excluding tert-OH is 1. The SMILES string of the molecule is C[C@@H]1CC2C3CC=C4CC(=O)C=C[C@]4(C)[C@@]3(F)[C@@H](O)C[C@]2(C)[C@@]1(O)C(=O)COC(=O)CCc1ccccc1N. The molecular formula is C31H38FNO6. The number of nitrogens with two attached hydrogens (primary N) is 1. The summed E-state index contributed by atoms with van der Waals surface area (Å²) in [6.07, 6.45) is 4.54. The minimum Gasteiger partial charge on any atom is -0.458 e. The number of Topliss-reactive ketones (excluding diaryl/α,β-unsaturated/α-hetero) is 1. The molecule has 0 radical (unpaired) electrons. The van der Waals surface area contributed by atoms with E-state index in [1.54, 1.807) is 39.0 Å². The zero-order valence-electron chi connectivity index (χ0n) is 22.8. The Hall–Kier alpha value is -2.84. The number of hydrogen-bond acceptors (Lipinski definition) is 7. The van der Waals surface area contributed by atoms with Gasteiger partial charge in [-0.3, -0.25) is 14.4 Å². The van der Waals surface area contributed by atoms with E-state index in [-0.39, 0.29) is 25.0 Å². The lowest BCUT2D eigenvalue weighted by Crippen LogP contribution is -2.69. The Morgan fingerprint density at radius 3 is 2.64 bits per heavy atom. The molecule has 39 heavy (non-hydrogen) atoms. The van der Waals surface area contributed by atoms with E-state index in [0.29, 0.717) is 30.5 Å². The second kappa shape index (κ2) is 9.37. The highest BCUT2D eigenvalue weighted by atomic mass is 19.1. The number of hydrogen-bond donors (Lipinski definition) is 3. The molecule has 0 heterocycles. The molecule has 0 saturated heterocycles. The van der Waals surface area contributed by atoms with E-state index in [4.69, 9.17) is 10.5 Å². The van der Waals surface area contributed by atoms with Gasteiger partial charge in [0.05, 0.1) is 6.10 Å². The second-order valence-electron chi connectivity index (χ2n) is 12.4. The molecule has 4 aliphatic carbocycles. The molecule has 210 valence electrons. The van der Waals surface area contributed by atoms with Crippen molar-refractivity contribution in [2.75, 3.05) is 12.3 Å². The topological polar surface area (TPSA) is 127 Å². The van der Waals surface area contributed by atoms with Crippen molar-refractivity contribution in [3.63, 3.8) is 0 Å². The number of para-hydroxylation sites is 1. The fraction of sp³-hybridized carbons (Fsp3) is 0.581. The number of allylic oxidation sites excluding steroid dienone is 4. The zero-order valence-corrected chi connectivity index (χ0v) is 22.8. The predicted octanol–water partition coefficient (Wildman–Crippen LogP) is 3.66. The maximum atomic E-state index is 17.3. The number of aryl methyl sites for hydroxylation is 1. The van der Waals surface area contributed by atoms with E-state index in [1.165, 1.54) is 6.08 Å². The Morgan fingerprint density at radius 1 is 1.21 bits per heavy atom. The smallest absolute Gasteiger partial charge is 0.306 e. The fourth-order valence-corrected chi connectivity index (χ4v) is 8.37. The fourth-order valence-electron chi connectivity index (χ4n) is 8.37. The van der Waals surface area contributed by atoms with Crippen LogP contribution in [0, 0.1) is 28.6 Å². The summed E-state index contributed by atoms with van der Waals surface area (Å²) < 4.78 is 22.5. The summed E-state index contributed by atoms with van der Waals surface area (Å²) in [6, 6.07) is 7.20. The molecule has 4 aliphatic rings. The molecule has 1 aromatic carbocycles. The van der Waals surface area contributed by atoms with Crippen LogP contribution in [0.15, 0.2) is 48.1 Å². The second-order valence-corrected chi connectivity index (χ2v) is 12.4. The van der Waals surface area contributed by atoms with Crippen LogP contribution in [0.25, 0.3) is 0 Å². The van der Waals surface area contributed by atoms with E-state index in [0.717, 1.165) is 5.56 Å². The number of carbonyl (C=O) groups excluding carboxylic acids is 3. The van der Waals surface area contributed by atoms with Gasteiger partial charge in [0, 0.05) is 35.3 Å². The van der Waals surface area contributed by atoms with Gasteiger partial charge in [-0.1, -0.05) is 49.8 Å². The van der Waals surface area contributed by atoms with Gasteiger partial charge in [0.2, 0.25) is 5.78 Å². The number of ketones is 2. The van der Waals surface area contributed by atoms with Gasteiger partial charge < -0.3 is 20.7 Å². The lowest BCUT2D eigenvalue weighted by atomic mass is 9.45. The van der Waals surface area contributed by atoms with Crippen molar-refractivity contribution in [1.29, 1.82) is 0 Å². The van der Waals surface area contributed by atoms with Gasteiger partial charge in [-0.2, -0.15) is 0 Å². The van der Waals surface area contributed by atoms with Crippen LogP contribution in [0.3, 0.4) is 0 Å². The number of ether oxygens (including phenoxy) is 1. The lowest BCUT2D eigenvalue weighted by molar-refractivity contribution is -0.215. The van der Waals surface area contributed by atoms with Crippen molar-refractivity contribution in [2.45, 2.75) is 76.7 Å². The molecule has 0 amide bonds. The summed E-state index contributed by atoms with van der Waals surface area (Å²) in [4.78, 5) is 38.1. The summed E-state index contributed by atoms with van der Waals surface area (Å²) in [6.45, 7) is 4.65. The normalized spacial score (nSPS) is 40.8. The number of esters is 1. The third-order valence-electron chi connectivity index (χ3n) is 10.6. The van der Waals surface area contributed by atoms with Crippen LogP contribution in [0.1, 0.15) is 58.4 Å². The van der Waals surface area contributed by atoms with Crippen LogP contribution in [-0.4, -0.2) is 51.7 Å². The van der Waals surface area contributed by atoms with E-state index in [2.05, 4.69) is 0 Å². The molecule has 0 bridgehead atoms. The molecule has 4 N–H and O–H groups in total. The Morgan fingerprint density at radius 2 is 1.92 bits per heavy atom. The average molecular weight is 540 g/mol. The highest BCUT2D eigenvalue weighted by Crippen LogP contribution is 2.70. The molecule has 7 nitrogen and oxygen atoms in total. The van der Waals surface area contributed by atoms with Crippen LogP contribution >= 0.6 is 0 Å². The first-order valence-corrected chi connectivity index (χ1v) is 13.8. The Labute approximate surface area is 228 Å². The molecular weight excluding hydrogens is 501 g/mol. The number of anilines is 1. The third-order valence-corrected chi connectivity index (χ3v) is 10.6. The van der Waals surface area contributed by atoms with Crippen molar-refractivity contribution in [2.24, 2.45) is 28.6 Å². The highest BCUT2D eigenvalue weighted by Gasteiger charge is 2.75. The van der Waals surface area contributed by atoms with Gasteiger partial charge in [0.25, 0.3) is 0 Å². The standard InChI is InChI=1S/C31H38FNO6/c1-18-14-23-22-10-9-20-15-21(34)12-13-28(20,2)30(22,32)25(35)16-29(23,3)31(18,38)26(36)17-39-27(37)11-8-19-6-4-5-7-24(19)33/h4-7,9,12-13,18,22-23,25,35,38H,8,10-11,14-17,33H2,1-3H3/t18-,22?,23?,25+,28+,29+,30+,31+/m1/s1. The first kappa shape index (κ1) is 27.7. The van der Waals surface area contributed by atoms with Gasteiger partial charge >= 0.3 is 5.97 Å². The van der Waals surface area contributed by atoms with E-state index >= 15 is 4.39 Å². The van der Waals surface area contributed by atoms with E-state index in [1.807, 2.05) is 18.2 Å². The number of halogens is 1. The molecule has 2 fully saturated rings. The van der Waals surface area contributed by atoms with Crippen molar-refractivity contribution >= 4 is 23.2 Å². The third kappa shape index (κ3) is 3.85. The van der Waals surface area contributed by atoms with Gasteiger partial charge in [-0.15, -0.1) is 0 Å². The van der Waals surface area contributed by atoms with Gasteiger partial charge in [0.15, 0.2) is 18.1 Å². The monoisotopic (exact) mass is 539 g/mol. The number of carbonyl (C=O) groups is 3. The number of fused-ring (bicyclic) bond motifs is 5. The van der Waals surface area contributed by atoms with Crippen LogP contribution in [-0.2, 0) is 25.5 Å². The van der Waals surface area contributed by atoms with Crippen LogP contribution in [0.4, 0.5) is 10.1 Å². The molecule has 0 aromatic heterocycles. The molecule has 5 rings (SSSR count). The minimum atomic E-state index is -2.04. The molecule has 8 heteroatoms. The Kier molecular flexibility index (Phi) is 6.66. The van der Waals surface area contributed by atoms with Crippen LogP contribution < -0.4 is 5.73 Å². The Bertz CT molecular complexity index is 1280. The van der Waals surface area contributed by atoms with Gasteiger partial charge in [-0.25, -0.2) is 4.39 Å². The quantitative estimate of drug-likeness (QED) is 0.286. The number of aliphatic hydroxyl groups is 2. The molecule has 0 spiro atoms. The molecule has 8 atom stereocenters. The molecule has 0 aliphatic heterocycles. The van der Waals surface area contributed by atoms with Crippen molar-refractivity contribution < 1.29 is 33.7 Å². The van der Waals surface area contributed by atoms with Gasteiger partial charge in [-0.05, 0) is 62.1 Å². The first-order chi connectivity index (χ1) is 18.3. The van der Waals surface area contributed by atoms with E-state index in [9.17, 15) is 24.6 Å². The van der Waals surface area contributed by atoms with Crippen LogP contribution in [0.2, 0.25) is 0 Å². The maximum absolute atomic E-state index is 17.3. The summed E-state index contributed by atoms with van der Waals surface area (Å²) in [5, 5.41) is 23.4. The number of nitrogen functional groups attached to an aromatic ring is 1. The highest BCUT2D eigenvalue weighted by molar-refractivity contribution is 5.94. The maximum Gasteiger partial charge on any atom is 0.306 e. The molecule has 1 aromatic rings. The summed E-state index contributed by atoms with van der Waals surface area (Å²) in [5.41, 5.74) is 1.78.